The summed E-state index contributed by atoms with van der Waals surface area (Å²) in [6.45, 7) is 6.29. The molecule has 0 spiro atoms. The van der Waals surface area contributed by atoms with Gasteiger partial charge in [-0.3, -0.25) is 14.4 Å². The molecule has 6 nitrogen and oxygen atoms in total. The first-order valence-corrected chi connectivity index (χ1v) is 10.5. The highest BCUT2D eigenvalue weighted by Crippen LogP contribution is 2.31. The number of benzene rings is 2. The van der Waals surface area contributed by atoms with Gasteiger partial charge in [-0.1, -0.05) is 18.2 Å². The fourth-order valence-electron chi connectivity index (χ4n) is 3.08. The van der Waals surface area contributed by atoms with Crippen LogP contribution in [0, 0.1) is 13.8 Å². The zero-order valence-electron chi connectivity index (χ0n) is 16.7. The Kier molecular flexibility index (Phi) is 6.59. The van der Waals surface area contributed by atoms with Crippen LogP contribution in [-0.2, 0) is 14.4 Å². The second-order valence-corrected chi connectivity index (χ2v) is 8.01. The molecule has 152 valence electrons. The van der Waals surface area contributed by atoms with E-state index in [0.717, 1.165) is 11.1 Å². The van der Waals surface area contributed by atoms with Gasteiger partial charge in [0.15, 0.2) is 0 Å². The maximum Gasteiger partial charge on any atom is 0.247 e. The first kappa shape index (κ1) is 20.9. The van der Waals surface area contributed by atoms with Crippen LogP contribution in [0.25, 0.3) is 0 Å². The number of carbonyl (C=O) groups is 3. The van der Waals surface area contributed by atoms with Crippen LogP contribution in [0.15, 0.2) is 42.5 Å². The summed E-state index contributed by atoms with van der Waals surface area (Å²) in [5, 5.41) is 2.25. The molecule has 1 fully saturated rings. The minimum Gasteiger partial charge on any atom is -0.492 e. The minimum atomic E-state index is -0.558. The number of amides is 3. The van der Waals surface area contributed by atoms with Gasteiger partial charge in [0.1, 0.15) is 5.75 Å². The minimum absolute atomic E-state index is 0.0743. The van der Waals surface area contributed by atoms with Crippen LogP contribution in [0.3, 0.4) is 0 Å². The van der Waals surface area contributed by atoms with Crippen molar-refractivity contribution in [1.29, 1.82) is 0 Å². The highest BCUT2D eigenvalue weighted by atomic mass is 32.2. The Hall–Kier alpha value is -2.80. The van der Waals surface area contributed by atoms with Crippen LogP contribution >= 0.6 is 11.8 Å². The lowest BCUT2D eigenvalue weighted by Crippen LogP contribution is -2.31. The van der Waals surface area contributed by atoms with Gasteiger partial charge >= 0.3 is 0 Å². The third-order valence-corrected chi connectivity index (χ3v) is 5.93. The van der Waals surface area contributed by atoms with Crippen LogP contribution < -0.4 is 15.0 Å². The highest BCUT2D eigenvalue weighted by molar-refractivity contribution is 8.01. The molecular formula is C22H24N2O4S. The van der Waals surface area contributed by atoms with Gasteiger partial charge in [-0.2, -0.15) is 0 Å². The molecule has 0 aliphatic carbocycles. The monoisotopic (exact) mass is 412 g/mol. The molecule has 1 atom stereocenters. The predicted octanol–water partition coefficient (Wildman–Crippen LogP) is 3.71. The van der Waals surface area contributed by atoms with E-state index in [1.807, 2.05) is 45.0 Å². The van der Waals surface area contributed by atoms with Gasteiger partial charge in [0.2, 0.25) is 17.7 Å². The summed E-state index contributed by atoms with van der Waals surface area (Å²) < 4.78 is 5.50. The topological polar surface area (TPSA) is 75.7 Å². The summed E-state index contributed by atoms with van der Waals surface area (Å²) >= 11 is 1.18. The fourth-order valence-corrected chi connectivity index (χ4v) is 4.02. The van der Waals surface area contributed by atoms with Gasteiger partial charge in [0.05, 0.1) is 29.0 Å². The maximum atomic E-state index is 12.8. The Morgan fingerprint density at radius 3 is 2.66 bits per heavy atom. The van der Waals surface area contributed by atoms with Crippen LogP contribution in [0.2, 0.25) is 0 Å². The summed E-state index contributed by atoms with van der Waals surface area (Å²) in [4.78, 5) is 38.8. The van der Waals surface area contributed by atoms with Crippen LogP contribution in [0.5, 0.6) is 5.75 Å². The normalized spacial score (nSPS) is 16.2. The number of hydrogen-bond donors (Lipinski definition) is 1. The van der Waals surface area contributed by atoms with Gasteiger partial charge in [-0.25, -0.2) is 4.90 Å². The third-order valence-electron chi connectivity index (χ3n) is 4.73. The fraction of sp³-hybridized carbons (Fsp3) is 0.318. The summed E-state index contributed by atoms with van der Waals surface area (Å²) in [6.07, 6.45) is 0.0965. The van der Waals surface area contributed by atoms with Crippen LogP contribution in [-0.4, -0.2) is 35.3 Å². The largest absolute Gasteiger partial charge is 0.492 e. The zero-order valence-corrected chi connectivity index (χ0v) is 17.5. The standard InChI is InChI=1S/C22H24N2O4S/c1-4-28-18-8-6-5-7-17(18)23-20(25)13-29-19-12-21(26)24(22(19)27)16-10-9-14(2)15(3)11-16/h5-11,19H,4,12-13H2,1-3H3,(H,23,25). The first-order valence-electron chi connectivity index (χ1n) is 9.48. The van der Waals surface area contributed by atoms with Crippen molar-refractivity contribution in [3.05, 3.63) is 53.6 Å². The lowest BCUT2D eigenvalue weighted by Gasteiger charge is -2.16. The predicted molar refractivity (Wildman–Crippen MR) is 116 cm³/mol. The van der Waals surface area contributed by atoms with Crippen molar-refractivity contribution in [3.8, 4) is 5.75 Å². The molecule has 0 radical (unpaired) electrons. The van der Waals surface area contributed by atoms with E-state index in [1.165, 1.54) is 16.7 Å². The quantitative estimate of drug-likeness (QED) is 0.702. The molecule has 0 aromatic heterocycles. The van der Waals surface area contributed by atoms with E-state index >= 15 is 0 Å². The molecule has 2 aromatic rings. The summed E-state index contributed by atoms with van der Waals surface area (Å²) in [7, 11) is 0. The number of aryl methyl sites for hydroxylation is 2. The molecule has 1 unspecified atom stereocenters. The molecule has 1 aliphatic rings. The molecule has 3 amide bonds. The van der Waals surface area contributed by atoms with Crippen molar-refractivity contribution in [2.45, 2.75) is 32.4 Å². The maximum absolute atomic E-state index is 12.8. The Balaban J connectivity index is 1.61. The lowest BCUT2D eigenvalue weighted by molar-refractivity contribution is -0.121. The van der Waals surface area contributed by atoms with E-state index in [2.05, 4.69) is 5.32 Å². The lowest BCUT2D eigenvalue weighted by atomic mass is 10.1. The smallest absolute Gasteiger partial charge is 0.247 e. The van der Waals surface area contributed by atoms with Crippen molar-refractivity contribution >= 4 is 40.9 Å². The van der Waals surface area contributed by atoms with Gasteiger partial charge in [0.25, 0.3) is 0 Å². The molecule has 29 heavy (non-hydrogen) atoms. The van der Waals surface area contributed by atoms with Gasteiger partial charge in [-0.15, -0.1) is 11.8 Å². The zero-order chi connectivity index (χ0) is 21.0. The van der Waals surface area contributed by atoms with Crippen LogP contribution in [0.1, 0.15) is 24.5 Å². The molecule has 0 bridgehead atoms. The summed E-state index contributed by atoms with van der Waals surface area (Å²) in [6, 6.07) is 12.7. The summed E-state index contributed by atoms with van der Waals surface area (Å²) in [5.41, 5.74) is 3.29. The molecule has 0 saturated carbocycles. The Morgan fingerprint density at radius 2 is 1.93 bits per heavy atom. The molecule has 1 aliphatic heterocycles. The number of para-hydroxylation sites is 2. The Bertz CT molecular complexity index is 944. The van der Waals surface area contributed by atoms with Crippen molar-refractivity contribution < 1.29 is 19.1 Å². The van der Waals surface area contributed by atoms with Crippen molar-refractivity contribution in [3.63, 3.8) is 0 Å². The summed E-state index contributed by atoms with van der Waals surface area (Å²) in [5.74, 6) is -0.0812. The number of nitrogens with one attached hydrogen (secondary N) is 1. The van der Waals surface area contributed by atoms with E-state index in [9.17, 15) is 14.4 Å². The molecule has 3 rings (SSSR count). The van der Waals surface area contributed by atoms with Crippen molar-refractivity contribution in [2.75, 3.05) is 22.6 Å². The number of thioether (sulfide) groups is 1. The first-order chi connectivity index (χ1) is 13.9. The van der Waals surface area contributed by atoms with E-state index in [4.69, 9.17) is 4.74 Å². The molecule has 1 saturated heterocycles. The number of anilines is 2. The highest BCUT2D eigenvalue weighted by Gasteiger charge is 2.40. The number of nitrogens with zero attached hydrogens (tertiary/aromatic N) is 1. The number of ether oxygens (including phenoxy) is 1. The molecule has 1 N–H and O–H groups in total. The Labute approximate surface area is 174 Å². The van der Waals surface area contributed by atoms with E-state index in [1.54, 1.807) is 18.2 Å². The average Bonchev–Trinajstić information content (AvgIpc) is 2.97. The molecule has 2 aromatic carbocycles. The van der Waals surface area contributed by atoms with Gasteiger partial charge < -0.3 is 10.1 Å². The Morgan fingerprint density at radius 1 is 1.17 bits per heavy atom. The van der Waals surface area contributed by atoms with E-state index in [-0.39, 0.29) is 29.9 Å². The van der Waals surface area contributed by atoms with Gasteiger partial charge in [0, 0.05) is 6.42 Å². The number of rotatable bonds is 7. The molecule has 1 heterocycles. The molecular weight excluding hydrogens is 388 g/mol. The third kappa shape index (κ3) is 4.79. The van der Waals surface area contributed by atoms with Crippen molar-refractivity contribution in [2.24, 2.45) is 0 Å². The van der Waals surface area contributed by atoms with Crippen LogP contribution in [0.4, 0.5) is 11.4 Å². The van der Waals surface area contributed by atoms with Crippen molar-refractivity contribution in [1.82, 2.24) is 0 Å². The number of hydrogen-bond acceptors (Lipinski definition) is 5. The van der Waals surface area contributed by atoms with E-state index < -0.39 is 5.25 Å². The second kappa shape index (κ2) is 9.13. The number of imide groups is 1. The second-order valence-electron chi connectivity index (χ2n) is 6.82. The molecule has 7 heteroatoms. The average molecular weight is 413 g/mol. The number of carbonyl (C=O) groups excluding carboxylic acids is 3. The van der Waals surface area contributed by atoms with Gasteiger partial charge in [-0.05, 0) is 56.2 Å². The van der Waals surface area contributed by atoms with E-state index in [0.29, 0.717) is 23.7 Å². The SMILES string of the molecule is CCOc1ccccc1NC(=O)CSC1CC(=O)N(c2ccc(C)c(C)c2)C1=O.